The minimum Gasteiger partial charge on any atom is -0.321 e. The highest BCUT2D eigenvalue weighted by molar-refractivity contribution is 5.35. The lowest BCUT2D eigenvalue weighted by molar-refractivity contribution is 0.402. The fourth-order valence-electron chi connectivity index (χ4n) is 2.61. The monoisotopic (exact) mass is 271 g/mol. The molecule has 1 nitrogen and oxygen atoms in total. The third kappa shape index (κ3) is 2.91. The zero-order valence-electron chi connectivity index (χ0n) is 12.4. The first-order chi connectivity index (χ1) is 9.46. The van der Waals surface area contributed by atoms with E-state index in [1.54, 1.807) is 12.1 Å². The molecule has 0 spiro atoms. The molecular formula is C18H22FN. The maximum absolute atomic E-state index is 14.1. The molecule has 0 bridgehead atoms. The maximum Gasteiger partial charge on any atom is 0.128 e. The zero-order valence-corrected chi connectivity index (χ0v) is 12.4. The van der Waals surface area contributed by atoms with Crippen molar-refractivity contribution in [2.45, 2.75) is 39.2 Å². The lowest BCUT2D eigenvalue weighted by Gasteiger charge is -2.30. The summed E-state index contributed by atoms with van der Waals surface area (Å²) in [5, 5.41) is 0. The highest BCUT2D eigenvalue weighted by Crippen LogP contribution is 2.30. The number of rotatable bonds is 4. The van der Waals surface area contributed by atoms with Crippen molar-refractivity contribution in [3.8, 4) is 0 Å². The predicted octanol–water partition coefficient (Wildman–Crippen LogP) is 4.25. The van der Waals surface area contributed by atoms with Crippen LogP contribution in [0.4, 0.5) is 4.39 Å². The van der Waals surface area contributed by atoms with Gasteiger partial charge in [-0.2, -0.15) is 0 Å². The summed E-state index contributed by atoms with van der Waals surface area (Å²) >= 11 is 0. The summed E-state index contributed by atoms with van der Waals surface area (Å²) < 4.78 is 14.1. The number of benzene rings is 2. The molecule has 0 aliphatic heterocycles. The Bertz CT molecular complexity index is 606. The predicted molar refractivity (Wildman–Crippen MR) is 82.2 cm³/mol. The van der Waals surface area contributed by atoms with Crippen LogP contribution in [0, 0.1) is 19.7 Å². The summed E-state index contributed by atoms with van der Waals surface area (Å²) in [6, 6.07) is 13.2. The fourth-order valence-corrected chi connectivity index (χ4v) is 2.61. The van der Waals surface area contributed by atoms with Crippen molar-refractivity contribution in [3.05, 3.63) is 70.5 Å². The van der Waals surface area contributed by atoms with E-state index in [9.17, 15) is 4.39 Å². The molecule has 0 radical (unpaired) electrons. The van der Waals surface area contributed by atoms with E-state index in [2.05, 4.69) is 32.0 Å². The summed E-state index contributed by atoms with van der Waals surface area (Å²) in [4.78, 5) is 0. The number of nitrogens with two attached hydrogens (primary N) is 1. The van der Waals surface area contributed by atoms with Gasteiger partial charge in [0.15, 0.2) is 0 Å². The molecule has 0 saturated carbocycles. The van der Waals surface area contributed by atoms with Gasteiger partial charge in [0.1, 0.15) is 5.82 Å². The summed E-state index contributed by atoms with van der Waals surface area (Å²) in [5.74, 6) is -0.220. The molecule has 1 unspecified atom stereocenters. The number of hydrogen-bond acceptors (Lipinski definition) is 1. The van der Waals surface area contributed by atoms with Gasteiger partial charge in [-0.05, 0) is 43.9 Å². The molecule has 2 rings (SSSR count). The van der Waals surface area contributed by atoms with Crippen LogP contribution in [0.1, 0.15) is 35.6 Å². The van der Waals surface area contributed by atoms with Crippen LogP contribution in [0.2, 0.25) is 0 Å². The van der Waals surface area contributed by atoms with Crippen LogP contribution in [-0.2, 0) is 12.0 Å². The van der Waals surface area contributed by atoms with E-state index in [0.29, 0.717) is 18.4 Å². The Morgan fingerprint density at radius 3 is 2.45 bits per heavy atom. The van der Waals surface area contributed by atoms with Crippen LogP contribution < -0.4 is 5.73 Å². The molecular weight excluding hydrogens is 249 g/mol. The van der Waals surface area contributed by atoms with Gasteiger partial charge in [0.05, 0.1) is 0 Å². The van der Waals surface area contributed by atoms with Gasteiger partial charge in [-0.1, -0.05) is 48.9 Å². The van der Waals surface area contributed by atoms with Crippen molar-refractivity contribution < 1.29 is 4.39 Å². The van der Waals surface area contributed by atoms with Gasteiger partial charge in [-0.15, -0.1) is 0 Å². The SMILES string of the molecule is CCC(N)(Cc1cc(C)ccc1C)c1ccccc1F. The molecule has 0 saturated heterocycles. The molecule has 20 heavy (non-hydrogen) atoms. The second-order valence-corrected chi connectivity index (χ2v) is 5.60. The molecule has 2 aromatic rings. The molecule has 2 aromatic carbocycles. The Morgan fingerprint density at radius 1 is 1.10 bits per heavy atom. The maximum atomic E-state index is 14.1. The Balaban J connectivity index is 2.42. The van der Waals surface area contributed by atoms with Gasteiger partial charge < -0.3 is 5.73 Å². The van der Waals surface area contributed by atoms with Gasteiger partial charge in [0.25, 0.3) is 0 Å². The smallest absolute Gasteiger partial charge is 0.128 e. The summed E-state index contributed by atoms with van der Waals surface area (Å²) in [6.07, 6.45) is 1.35. The van der Waals surface area contributed by atoms with E-state index in [0.717, 1.165) is 0 Å². The van der Waals surface area contributed by atoms with Crippen molar-refractivity contribution in [3.63, 3.8) is 0 Å². The van der Waals surface area contributed by atoms with Crippen molar-refractivity contribution >= 4 is 0 Å². The number of halogens is 1. The highest BCUT2D eigenvalue weighted by Gasteiger charge is 2.29. The van der Waals surface area contributed by atoms with Crippen LogP contribution in [-0.4, -0.2) is 0 Å². The largest absolute Gasteiger partial charge is 0.321 e. The molecule has 0 aromatic heterocycles. The minimum atomic E-state index is -0.663. The van der Waals surface area contributed by atoms with Gasteiger partial charge in [0.2, 0.25) is 0 Å². The van der Waals surface area contributed by atoms with E-state index in [4.69, 9.17) is 5.73 Å². The quantitative estimate of drug-likeness (QED) is 0.884. The Kier molecular flexibility index (Phi) is 4.24. The van der Waals surface area contributed by atoms with Crippen molar-refractivity contribution in [2.75, 3.05) is 0 Å². The first-order valence-corrected chi connectivity index (χ1v) is 7.06. The fraction of sp³-hybridized carbons (Fsp3) is 0.333. The minimum absolute atomic E-state index is 0.220. The van der Waals surface area contributed by atoms with E-state index < -0.39 is 5.54 Å². The first-order valence-electron chi connectivity index (χ1n) is 7.06. The van der Waals surface area contributed by atoms with Crippen molar-refractivity contribution in [1.82, 2.24) is 0 Å². The molecule has 0 fully saturated rings. The Hall–Kier alpha value is -1.67. The molecule has 2 heteroatoms. The second-order valence-electron chi connectivity index (χ2n) is 5.60. The van der Waals surface area contributed by atoms with Crippen molar-refractivity contribution in [2.24, 2.45) is 5.73 Å². The normalized spacial score (nSPS) is 14.1. The topological polar surface area (TPSA) is 26.0 Å². The molecule has 2 N–H and O–H groups in total. The third-order valence-electron chi connectivity index (χ3n) is 4.05. The average molecular weight is 271 g/mol. The highest BCUT2D eigenvalue weighted by atomic mass is 19.1. The summed E-state index contributed by atoms with van der Waals surface area (Å²) in [6.45, 7) is 6.15. The van der Waals surface area contributed by atoms with Crippen molar-refractivity contribution in [1.29, 1.82) is 0 Å². The molecule has 0 aliphatic rings. The van der Waals surface area contributed by atoms with Crippen LogP contribution in [0.15, 0.2) is 42.5 Å². The van der Waals surface area contributed by atoms with Gasteiger partial charge >= 0.3 is 0 Å². The van der Waals surface area contributed by atoms with E-state index in [-0.39, 0.29) is 5.82 Å². The van der Waals surface area contributed by atoms with Gasteiger partial charge in [0, 0.05) is 11.1 Å². The Labute approximate surface area is 120 Å². The third-order valence-corrected chi connectivity index (χ3v) is 4.05. The number of aryl methyl sites for hydroxylation is 2. The molecule has 0 aliphatic carbocycles. The Morgan fingerprint density at radius 2 is 1.80 bits per heavy atom. The van der Waals surface area contributed by atoms with Crippen LogP contribution in [0.5, 0.6) is 0 Å². The lowest BCUT2D eigenvalue weighted by Crippen LogP contribution is -2.39. The standard InChI is InChI=1S/C18H22FN/c1-4-18(20,16-7-5-6-8-17(16)19)12-15-11-13(2)9-10-14(15)3/h5-11H,4,12,20H2,1-3H3. The van der Waals surface area contributed by atoms with E-state index >= 15 is 0 Å². The molecule has 106 valence electrons. The first kappa shape index (κ1) is 14.7. The molecule has 0 heterocycles. The average Bonchev–Trinajstić information content (AvgIpc) is 2.43. The molecule has 0 amide bonds. The lowest BCUT2D eigenvalue weighted by atomic mass is 9.81. The summed E-state index contributed by atoms with van der Waals surface area (Å²) in [7, 11) is 0. The van der Waals surface area contributed by atoms with Crippen LogP contribution in [0.25, 0.3) is 0 Å². The summed E-state index contributed by atoms with van der Waals surface area (Å²) in [5.41, 5.74) is 10.1. The van der Waals surface area contributed by atoms with E-state index in [1.807, 2.05) is 13.0 Å². The zero-order chi connectivity index (χ0) is 14.8. The van der Waals surface area contributed by atoms with E-state index in [1.165, 1.54) is 22.8 Å². The van der Waals surface area contributed by atoms with Crippen LogP contribution in [0.3, 0.4) is 0 Å². The number of hydrogen-bond donors (Lipinski definition) is 1. The molecule has 1 atom stereocenters. The van der Waals surface area contributed by atoms with Gasteiger partial charge in [-0.25, -0.2) is 4.39 Å². The second kappa shape index (κ2) is 5.76. The van der Waals surface area contributed by atoms with Crippen LogP contribution >= 0.6 is 0 Å². The van der Waals surface area contributed by atoms with Gasteiger partial charge in [-0.3, -0.25) is 0 Å².